The monoisotopic (exact) mass is 544 g/mol. The quantitative estimate of drug-likeness (QED) is 0.158. The molecule has 2 rings (SSSR count). The smallest absolute Gasteiger partial charge is 0.326 e. The topological polar surface area (TPSA) is 211 Å². The molecular formula is C27H36N4O8. The molecule has 12 nitrogen and oxygen atoms in total. The van der Waals surface area contributed by atoms with Crippen LogP contribution in [0.15, 0.2) is 48.5 Å². The van der Waals surface area contributed by atoms with Gasteiger partial charge in [-0.1, -0.05) is 44.5 Å². The van der Waals surface area contributed by atoms with Gasteiger partial charge in [-0.15, -0.1) is 0 Å². The number of aliphatic hydroxyl groups excluding tert-OH is 1. The maximum atomic E-state index is 13.2. The lowest BCUT2D eigenvalue weighted by atomic mass is 9.99. The fraction of sp³-hybridized carbons (Fsp3) is 0.407. The van der Waals surface area contributed by atoms with Crippen LogP contribution in [0.1, 0.15) is 31.4 Å². The number of carbonyl (C=O) groups excluding carboxylic acids is 3. The number of rotatable bonds is 14. The van der Waals surface area contributed by atoms with Crippen LogP contribution >= 0.6 is 0 Å². The average molecular weight is 545 g/mol. The number of hydrogen-bond donors (Lipinski definition) is 8. The standard InChI is InChI=1S/C27H36N4O8/c1-3-15(2)23(27(38)39)31-26(37)22(14-32)30-25(36)21(13-17-6-10-19(34)11-7-17)29-24(35)20(28)12-16-4-8-18(33)9-5-16/h4-11,15,20-23,32-34H,3,12-14,28H2,1-2H3,(H,29,35)(H,30,36)(H,31,37)(H,38,39). The lowest BCUT2D eigenvalue weighted by Crippen LogP contribution is -2.59. The van der Waals surface area contributed by atoms with Gasteiger partial charge in [0.05, 0.1) is 12.6 Å². The zero-order valence-electron chi connectivity index (χ0n) is 21.8. The van der Waals surface area contributed by atoms with E-state index in [-0.39, 0.29) is 24.3 Å². The number of amides is 3. The van der Waals surface area contributed by atoms with Crippen molar-refractivity contribution in [3.05, 3.63) is 59.7 Å². The van der Waals surface area contributed by atoms with Gasteiger partial charge in [-0.25, -0.2) is 4.79 Å². The van der Waals surface area contributed by atoms with Gasteiger partial charge in [-0.05, 0) is 47.7 Å². The molecule has 0 bridgehead atoms. The predicted molar refractivity (Wildman–Crippen MR) is 142 cm³/mol. The van der Waals surface area contributed by atoms with Crippen LogP contribution in [0, 0.1) is 5.92 Å². The highest BCUT2D eigenvalue weighted by molar-refractivity contribution is 5.94. The molecule has 3 amide bonds. The van der Waals surface area contributed by atoms with E-state index < -0.39 is 60.4 Å². The first-order valence-corrected chi connectivity index (χ1v) is 12.5. The van der Waals surface area contributed by atoms with Crippen LogP contribution in [-0.4, -0.2) is 74.9 Å². The van der Waals surface area contributed by atoms with Crippen LogP contribution < -0.4 is 21.7 Å². The summed E-state index contributed by atoms with van der Waals surface area (Å²) in [6.07, 6.45) is 0.556. The summed E-state index contributed by atoms with van der Waals surface area (Å²) in [5.74, 6) is -3.95. The SMILES string of the molecule is CCC(C)C(NC(=O)C(CO)NC(=O)C(Cc1ccc(O)cc1)NC(=O)C(N)Cc1ccc(O)cc1)C(=O)O. The summed E-state index contributed by atoms with van der Waals surface area (Å²) < 4.78 is 0. The molecule has 2 aromatic carbocycles. The van der Waals surface area contributed by atoms with Gasteiger partial charge in [-0.3, -0.25) is 14.4 Å². The predicted octanol–water partition coefficient (Wildman–Crippen LogP) is -0.212. The number of aliphatic carboxylic acids is 1. The maximum Gasteiger partial charge on any atom is 0.326 e. The Hall–Kier alpha value is -4.16. The zero-order chi connectivity index (χ0) is 29.1. The summed E-state index contributed by atoms with van der Waals surface area (Å²) in [4.78, 5) is 50.4. The maximum absolute atomic E-state index is 13.2. The van der Waals surface area contributed by atoms with Crippen molar-refractivity contribution in [2.75, 3.05) is 6.61 Å². The minimum absolute atomic E-state index is 0.00557. The van der Waals surface area contributed by atoms with Crippen molar-refractivity contribution in [3.63, 3.8) is 0 Å². The average Bonchev–Trinajstić information content (AvgIpc) is 2.91. The molecule has 12 heteroatoms. The van der Waals surface area contributed by atoms with E-state index in [1.807, 2.05) is 0 Å². The Bertz CT molecular complexity index is 1120. The van der Waals surface area contributed by atoms with Crippen molar-refractivity contribution in [2.45, 2.75) is 57.3 Å². The van der Waals surface area contributed by atoms with E-state index >= 15 is 0 Å². The Morgan fingerprint density at radius 2 is 1.23 bits per heavy atom. The highest BCUT2D eigenvalue weighted by Gasteiger charge is 2.31. The summed E-state index contributed by atoms with van der Waals surface area (Å²) in [7, 11) is 0. The fourth-order valence-electron chi connectivity index (χ4n) is 3.74. The van der Waals surface area contributed by atoms with E-state index in [4.69, 9.17) is 5.73 Å². The lowest BCUT2D eigenvalue weighted by molar-refractivity contribution is -0.144. The third-order valence-corrected chi connectivity index (χ3v) is 6.33. The molecule has 0 saturated carbocycles. The molecule has 9 N–H and O–H groups in total. The van der Waals surface area contributed by atoms with Gasteiger partial charge in [0.2, 0.25) is 17.7 Å². The Labute approximate surface area is 226 Å². The van der Waals surface area contributed by atoms with E-state index in [0.29, 0.717) is 17.5 Å². The number of hydrogen-bond acceptors (Lipinski definition) is 8. The molecule has 5 unspecified atom stereocenters. The molecule has 212 valence electrons. The first-order chi connectivity index (χ1) is 18.4. The zero-order valence-corrected chi connectivity index (χ0v) is 21.8. The van der Waals surface area contributed by atoms with Gasteiger partial charge < -0.3 is 42.1 Å². The number of phenolic OH excluding ortho intramolecular Hbond substituents is 2. The van der Waals surface area contributed by atoms with Crippen molar-refractivity contribution in [3.8, 4) is 11.5 Å². The van der Waals surface area contributed by atoms with Crippen LogP contribution in [0.3, 0.4) is 0 Å². The molecular weight excluding hydrogens is 508 g/mol. The van der Waals surface area contributed by atoms with Crippen molar-refractivity contribution in [1.29, 1.82) is 0 Å². The first kappa shape index (κ1) is 31.1. The number of carboxylic acids is 1. The highest BCUT2D eigenvalue weighted by atomic mass is 16.4. The van der Waals surface area contributed by atoms with Gasteiger partial charge in [0.15, 0.2) is 0 Å². The Morgan fingerprint density at radius 3 is 1.69 bits per heavy atom. The van der Waals surface area contributed by atoms with Gasteiger partial charge in [0, 0.05) is 6.42 Å². The van der Waals surface area contributed by atoms with Crippen molar-refractivity contribution in [1.82, 2.24) is 16.0 Å². The van der Waals surface area contributed by atoms with Crippen molar-refractivity contribution < 1.29 is 39.6 Å². The van der Waals surface area contributed by atoms with Crippen molar-refractivity contribution >= 4 is 23.7 Å². The third kappa shape index (κ3) is 9.58. The number of phenols is 2. The minimum atomic E-state index is -1.48. The summed E-state index contributed by atoms with van der Waals surface area (Å²) in [5, 5.41) is 45.5. The number of benzene rings is 2. The van der Waals surface area contributed by atoms with Gasteiger partial charge in [-0.2, -0.15) is 0 Å². The second-order valence-corrected chi connectivity index (χ2v) is 9.36. The molecule has 0 fully saturated rings. The second kappa shape index (κ2) is 14.7. The van der Waals surface area contributed by atoms with Crippen LogP contribution in [-0.2, 0) is 32.0 Å². The lowest BCUT2D eigenvalue weighted by Gasteiger charge is -2.26. The molecule has 0 radical (unpaired) electrons. The Balaban J connectivity index is 2.18. The van der Waals surface area contributed by atoms with Crippen LogP contribution in [0.25, 0.3) is 0 Å². The molecule has 0 saturated heterocycles. The van der Waals surface area contributed by atoms with E-state index in [0.717, 1.165) is 0 Å². The van der Waals surface area contributed by atoms with Gasteiger partial charge >= 0.3 is 5.97 Å². The van der Waals surface area contributed by atoms with Crippen molar-refractivity contribution in [2.24, 2.45) is 11.7 Å². The summed E-state index contributed by atoms with van der Waals surface area (Å²) >= 11 is 0. The number of nitrogens with two attached hydrogens (primary N) is 1. The summed E-state index contributed by atoms with van der Waals surface area (Å²) in [6.45, 7) is 2.60. The van der Waals surface area contributed by atoms with E-state index in [1.165, 1.54) is 24.3 Å². The highest BCUT2D eigenvalue weighted by Crippen LogP contribution is 2.13. The van der Waals surface area contributed by atoms with E-state index in [1.54, 1.807) is 38.1 Å². The van der Waals surface area contributed by atoms with Crippen LogP contribution in [0.4, 0.5) is 0 Å². The number of carboxylic acid groups (broad SMARTS) is 1. The summed E-state index contributed by atoms with van der Waals surface area (Å²) in [6, 6.07) is 7.08. The minimum Gasteiger partial charge on any atom is -0.508 e. The molecule has 5 atom stereocenters. The second-order valence-electron chi connectivity index (χ2n) is 9.36. The van der Waals surface area contributed by atoms with E-state index in [2.05, 4.69) is 16.0 Å². The molecule has 0 aliphatic carbocycles. The number of aliphatic hydroxyl groups is 1. The molecule has 2 aromatic rings. The number of aromatic hydroxyl groups is 2. The third-order valence-electron chi connectivity index (χ3n) is 6.33. The van der Waals surface area contributed by atoms with Crippen LogP contribution in [0.5, 0.6) is 11.5 Å². The molecule has 0 aliphatic rings. The Kier molecular flexibility index (Phi) is 11.7. The largest absolute Gasteiger partial charge is 0.508 e. The fourth-order valence-corrected chi connectivity index (χ4v) is 3.74. The molecule has 39 heavy (non-hydrogen) atoms. The number of carbonyl (C=O) groups is 4. The molecule has 0 heterocycles. The summed E-state index contributed by atoms with van der Waals surface area (Å²) in [5.41, 5.74) is 7.31. The molecule has 0 spiro atoms. The van der Waals surface area contributed by atoms with E-state index in [9.17, 15) is 39.6 Å². The van der Waals surface area contributed by atoms with Gasteiger partial charge in [0.1, 0.15) is 29.6 Å². The first-order valence-electron chi connectivity index (χ1n) is 12.5. The van der Waals surface area contributed by atoms with Gasteiger partial charge in [0.25, 0.3) is 0 Å². The molecule has 0 aromatic heterocycles. The van der Waals surface area contributed by atoms with Crippen LogP contribution in [0.2, 0.25) is 0 Å². The Morgan fingerprint density at radius 1 is 0.769 bits per heavy atom. The normalized spacial score (nSPS) is 14.8. The number of nitrogens with one attached hydrogen (secondary N) is 3. The molecule has 0 aliphatic heterocycles.